The van der Waals surface area contributed by atoms with Crippen molar-refractivity contribution in [3.8, 4) is 0 Å². The molecule has 0 bridgehead atoms. The van der Waals surface area contributed by atoms with Crippen LogP contribution < -0.4 is 0 Å². The average molecular weight is 653 g/mol. The maximum atomic E-state index is 13.3. The first-order chi connectivity index (χ1) is 17.9. The van der Waals surface area contributed by atoms with Crippen molar-refractivity contribution in [3.63, 3.8) is 0 Å². The second-order valence-corrected chi connectivity index (χ2v) is 13.3. The molecule has 5 nitrogen and oxygen atoms in total. The number of piperidine rings is 1. The van der Waals surface area contributed by atoms with Crippen LogP contribution in [0.2, 0.25) is 5.02 Å². The third kappa shape index (κ3) is 5.41. The lowest BCUT2D eigenvalue weighted by atomic mass is 9.76. The quantitative estimate of drug-likeness (QED) is 0.357. The maximum absolute atomic E-state index is 13.3. The van der Waals surface area contributed by atoms with Crippen molar-refractivity contribution in [1.82, 2.24) is 9.88 Å². The summed E-state index contributed by atoms with van der Waals surface area (Å²) in [6.07, 6.45) is 10.3. The third-order valence-electron chi connectivity index (χ3n) is 8.92. The lowest BCUT2D eigenvalue weighted by Crippen LogP contribution is -2.42. The highest BCUT2D eigenvalue weighted by atomic mass is 79.9. The number of likely N-dealkylation sites (tertiary alicyclic amines) is 1. The molecule has 0 radical (unpaired) electrons. The molecule has 1 unspecified atom stereocenters. The summed E-state index contributed by atoms with van der Waals surface area (Å²) >= 11 is 13.9. The number of aromatic nitrogens is 1. The summed E-state index contributed by atoms with van der Waals surface area (Å²) in [6, 6.07) is 6.38. The van der Waals surface area contributed by atoms with Gasteiger partial charge >= 0.3 is 0 Å². The van der Waals surface area contributed by atoms with Crippen LogP contribution in [0.25, 0.3) is 0 Å². The summed E-state index contributed by atoms with van der Waals surface area (Å²) in [7, 11) is 0. The average Bonchev–Trinajstić information content (AvgIpc) is 3.28. The third-order valence-corrected chi connectivity index (χ3v) is 10.2. The molecule has 1 saturated carbocycles. The molecule has 1 aromatic heterocycles. The lowest BCUT2D eigenvalue weighted by molar-refractivity contribution is -0.183. The Morgan fingerprint density at radius 3 is 2.46 bits per heavy atom. The van der Waals surface area contributed by atoms with Gasteiger partial charge in [0.15, 0.2) is 5.79 Å². The van der Waals surface area contributed by atoms with Gasteiger partial charge in [0.2, 0.25) is 5.91 Å². The van der Waals surface area contributed by atoms with Gasteiger partial charge in [-0.1, -0.05) is 27.5 Å². The van der Waals surface area contributed by atoms with Crippen LogP contribution in [0.3, 0.4) is 0 Å². The molecule has 6 rings (SSSR count). The summed E-state index contributed by atoms with van der Waals surface area (Å²) in [6.45, 7) is 3.03. The molecule has 3 heterocycles. The van der Waals surface area contributed by atoms with Crippen molar-refractivity contribution in [2.45, 2.75) is 69.5 Å². The summed E-state index contributed by atoms with van der Waals surface area (Å²) in [4.78, 5) is 20.3. The van der Waals surface area contributed by atoms with Gasteiger partial charge in [0, 0.05) is 58.4 Å². The van der Waals surface area contributed by atoms with Gasteiger partial charge in [-0.2, -0.15) is 0 Å². The number of nitrogens with zero attached hydrogens (tertiary/aromatic N) is 2. The van der Waals surface area contributed by atoms with Gasteiger partial charge in [-0.15, -0.1) is 0 Å². The largest absolute Gasteiger partial charge is 0.348 e. The molecule has 1 atom stereocenters. The first kappa shape index (κ1) is 26.2. The number of benzene rings is 1. The molecule has 2 saturated heterocycles. The van der Waals surface area contributed by atoms with Crippen LogP contribution in [-0.2, 0) is 27.1 Å². The molecule has 1 spiro atoms. The molecule has 1 amide bonds. The van der Waals surface area contributed by atoms with Crippen molar-refractivity contribution in [3.05, 3.63) is 60.7 Å². The highest BCUT2D eigenvalue weighted by Crippen LogP contribution is 2.46. The Labute approximate surface area is 240 Å². The van der Waals surface area contributed by atoms with Crippen molar-refractivity contribution in [2.24, 2.45) is 11.8 Å². The van der Waals surface area contributed by atoms with Gasteiger partial charge in [0.05, 0.1) is 18.9 Å². The van der Waals surface area contributed by atoms with E-state index in [-0.39, 0.29) is 11.7 Å². The van der Waals surface area contributed by atoms with Crippen LogP contribution in [0, 0.1) is 11.8 Å². The van der Waals surface area contributed by atoms with Gasteiger partial charge < -0.3 is 14.4 Å². The van der Waals surface area contributed by atoms with E-state index in [1.807, 2.05) is 12.3 Å². The Hall–Kier alpha value is -0.990. The Kier molecular flexibility index (Phi) is 7.72. The van der Waals surface area contributed by atoms with E-state index in [1.54, 1.807) is 0 Å². The topological polar surface area (TPSA) is 51.7 Å². The number of rotatable bonds is 3. The SMILES string of the molecule is O=C(CC1CCC2(CC1)OCCO2)N1CCC(C2c3ncc(Br)cc3CCc3cc(Cl)cc(Br)c32)CC1. The van der Waals surface area contributed by atoms with Crippen molar-refractivity contribution < 1.29 is 14.3 Å². The number of carbonyl (C=O) groups is 1. The van der Waals surface area contributed by atoms with E-state index in [4.69, 9.17) is 26.1 Å². The van der Waals surface area contributed by atoms with E-state index in [0.717, 1.165) is 78.4 Å². The fourth-order valence-corrected chi connectivity index (χ4v) is 8.49. The highest BCUT2D eigenvalue weighted by Gasteiger charge is 2.41. The second kappa shape index (κ2) is 10.9. The van der Waals surface area contributed by atoms with Crippen LogP contribution in [0.1, 0.15) is 73.2 Å². The van der Waals surface area contributed by atoms with Crippen LogP contribution >= 0.6 is 43.5 Å². The molecule has 2 aromatic rings. The molecule has 2 aliphatic heterocycles. The van der Waals surface area contributed by atoms with Gasteiger partial charge in [-0.05, 0) is 101 Å². The zero-order valence-electron chi connectivity index (χ0n) is 21.0. The molecule has 4 aliphatic rings. The van der Waals surface area contributed by atoms with Crippen LogP contribution in [0.4, 0.5) is 0 Å². The number of hydrogen-bond acceptors (Lipinski definition) is 4. The van der Waals surface area contributed by atoms with Crippen molar-refractivity contribution >= 4 is 49.4 Å². The van der Waals surface area contributed by atoms with E-state index in [9.17, 15) is 4.79 Å². The predicted molar refractivity (Wildman–Crippen MR) is 151 cm³/mol. The molecule has 2 aliphatic carbocycles. The summed E-state index contributed by atoms with van der Waals surface area (Å²) in [5.41, 5.74) is 5.13. The lowest BCUT2D eigenvalue weighted by Gasteiger charge is -2.39. The Balaban J connectivity index is 1.15. The molecular formula is C29H33Br2ClN2O3. The van der Waals surface area contributed by atoms with Crippen LogP contribution in [-0.4, -0.2) is 47.9 Å². The molecule has 0 N–H and O–H groups in total. The number of fused-ring (bicyclic) bond motifs is 2. The van der Waals surface area contributed by atoms with Gasteiger partial charge in [-0.25, -0.2) is 0 Å². The second-order valence-electron chi connectivity index (χ2n) is 11.1. The normalized spacial score (nSPS) is 24.1. The summed E-state index contributed by atoms with van der Waals surface area (Å²) < 4.78 is 13.8. The smallest absolute Gasteiger partial charge is 0.222 e. The highest BCUT2D eigenvalue weighted by molar-refractivity contribution is 9.10. The Bertz CT molecular complexity index is 1170. The molecule has 3 fully saturated rings. The molecule has 8 heteroatoms. The first-order valence-electron chi connectivity index (χ1n) is 13.6. The minimum Gasteiger partial charge on any atom is -0.348 e. The molecule has 198 valence electrons. The fourth-order valence-electron chi connectivity index (χ4n) is 7.00. The predicted octanol–water partition coefficient (Wildman–Crippen LogP) is 7.05. The van der Waals surface area contributed by atoms with E-state index in [2.05, 4.69) is 48.9 Å². The van der Waals surface area contributed by atoms with Crippen molar-refractivity contribution in [2.75, 3.05) is 26.3 Å². The van der Waals surface area contributed by atoms with Gasteiger partial charge in [-0.3, -0.25) is 9.78 Å². The number of ether oxygens (including phenoxy) is 2. The minimum atomic E-state index is -0.356. The first-order valence-corrected chi connectivity index (χ1v) is 15.5. The Morgan fingerprint density at radius 2 is 1.73 bits per heavy atom. The standard InChI is InChI=1S/C29H33Br2ClN2O3/c30-22-14-21-2-1-20-15-23(32)16-24(31)26(20)27(28(21)33-17-22)19-5-9-34(10-6-19)25(35)13-18-3-7-29(8-4-18)36-11-12-37-29/h14-19,27H,1-13H2. The number of hydrogen-bond donors (Lipinski definition) is 0. The van der Waals surface area contributed by atoms with Gasteiger partial charge in [0.25, 0.3) is 0 Å². The van der Waals surface area contributed by atoms with E-state index >= 15 is 0 Å². The molecule has 37 heavy (non-hydrogen) atoms. The number of carbonyl (C=O) groups excluding carboxylic acids is 1. The van der Waals surface area contributed by atoms with Crippen LogP contribution in [0.15, 0.2) is 33.3 Å². The zero-order valence-corrected chi connectivity index (χ0v) is 24.9. The van der Waals surface area contributed by atoms with Gasteiger partial charge in [0.1, 0.15) is 0 Å². The summed E-state index contributed by atoms with van der Waals surface area (Å²) in [5, 5.41) is 0.768. The Morgan fingerprint density at radius 1 is 1.03 bits per heavy atom. The maximum Gasteiger partial charge on any atom is 0.222 e. The monoisotopic (exact) mass is 650 g/mol. The summed E-state index contributed by atoms with van der Waals surface area (Å²) in [5.74, 6) is 1.02. The molecular weight excluding hydrogens is 620 g/mol. The van der Waals surface area contributed by atoms with Crippen molar-refractivity contribution in [1.29, 1.82) is 0 Å². The number of pyridine rings is 1. The van der Waals surface area contributed by atoms with E-state index in [0.29, 0.717) is 37.4 Å². The zero-order chi connectivity index (χ0) is 25.6. The van der Waals surface area contributed by atoms with E-state index < -0.39 is 0 Å². The molecule has 1 aromatic carbocycles. The minimum absolute atomic E-state index is 0.199. The number of aryl methyl sites for hydroxylation is 2. The fraction of sp³-hybridized carbons (Fsp3) is 0.586. The number of halogens is 3. The van der Waals surface area contributed by atoms with Crippen LogP contribution in [0.5, 0.6) is 0 Å². The van der Waals surface area contributed by atoms with E-state index in [1.165, 1.54) is 22.4 Å². The number of amides is 1.